The summed E-state index contributed by atoms with van der Waals surface area (Å²) < 4.78 is 0. The van der Waals surface area contributed by atoms with Crippen molar-refractivity contribution >= 4 is 63.7 Å². The molecule has 0 radical (unpaired) electrons. The predicted octanol–water partition coefficient (Wildman–Crippen LogP) is -1.57. The van der Waals surface area contributed by atoms with Gasteiger partial charge in [0.25, 0.3) is 0 Å². The molecule has 0 rings (SSSR count). The van der Waals surface area contributed by atoms with E-state index in [0.717, 1.165) is 0 Å². The van der Waals surface area contributed by atoms with Crippen molar-refractivity contribution in [1.82, 2.24) is 0 Å². The van der Waals surface area contributed by atoms with E-state index in [1.807, 2.05) is 0 Å². The molecular formula is H3AlCaO3PZn+7. The molecule has 0 aliphatic carbocycles. The number of hydrogen-bond acceptors (Lipinski definition) is 3. The minimum Gasteiger partial charge on any atom is -0.328 e. The molecule has 0 aromatic carbocycles. The molecule has 0 aliphatic heterocycles. The van der Waals surface area contributed by atoms with E-state index in [9.17, 15) is 0 Å². The summed E-state index contributed by atoms with van der Waals surface area (Å²) in [4.78, 5) is 21.7. The zero-order chi connectivity index (χ0) is 3.58. The van der Waals surface area contributed by atoms with E-state index < -0.39 is 8.60 Å². The molecule has 0 amide bonds. The molecule has 0 heterocycles. The monoisotopic (exact) mass is 213 g/mol. The Morgan fingerprint density at radius 1 is 1.00 bits per heavy atom. The van der Waals surface area contributed by atoms with Crippen molar-refractivity contribution in [3.63, 3.8) is 0 Å². The average molecular weight is 214 g/mol. The minimum atomic E-state index is -2.62. The van der Waals surface area contributed by atoms with Gasteiger partial charge in [-0.1, -0.05) is 0 Å². The van der Waals surface area contributed by atoms with E-state index in [2.05, 4.69) is 0 Å². The van der Waals surface area contributed by atoms with E-state index in [1.54, 1.807) is 0 Å². The smallest absolute Gasteiger partial charge is 0.328 e. The second kappa shape index (κ2) is 15.9. The molecule has 0 fully saturated rings. The molecule has 0 atom stereocenters. The van der Waals surface area contributed by atoms with E-state index in [0.29, 0.717) is 0 Å². The molecule has 26 valence electrons. The summed E-state index contributed by atoms with van der Waals surface area (Å²) in [6.07, 6.45) is 0. The third-order valence-corrected chi connectivity index (χ3v) is 0. The first-order chi connectivity index (χ1) is 1.73. The SMILES string of the molecule is OP(O)O.[Al+3].[Ca+2].[Zn+2]. The Morgan fingerprint density at radius 3 is 1.00 bits per heavy atom. The van der Waals surface area contributed by atoms with Gasteiger partial charge in [-0.25, -0.2) is 0 Å². The van der Waals surface area contributed by atoms with Crippen LogP contribution in [0.3, 0.4) is 0 Å². The Morgan fingerprint density at radius 2 is 1.00 bits per heavy atom. The average Bonchev–Trinajstić information content (AvgIpc) is 0.811. The topological polar surface area (TPSA) is 60.7 Å². The Labute approximate surface area is 96.4 Å². The summed E-state index contributed by atoms with van der Waals surface area (Å²) >= 11 is 0. The van der Waals surface area contributed by atoms with Crippen molar-refractivity contribution < 1.29 is 34.2 Å². The summed E-state index contributed by atoms with van der Waals surface area (Å²) in [6.45, 7) is 0. The van der Waals surface area contributed by atoms with Crippen molar-refractivity contribution in [2.45, 2.75) is 0 Å². The third-order valence-electron chi connectivity index (χ3n) is 0. The van der Waals surface area contributed by atoms with Crippen LogP contribution in [0.2, 0.25) is 0 Å². The molecular weight excluding hydrogens is 211 g/mol. The molecule has 7 heavy (non-hydrogen) atoms. The molecule has 7 heteroatoms. The van der Waals surface area contributed by atoms with Gasteiger partial charge in [-0.05, 0) is 0 Å². The van der Waals surface area contributed by atoms with Crippen LogP contribution in [0.4, 0.5) is 0 Å². The summed E-state index contributed by atoms with van der Waals surface area (Å²) in [5.41, 5.74) is 0. The van der Waals surface area contributed by atoms with Crippen LogP contribution in [0.25, 0.3) is 0 Å². The van der Waals surface area contributed by atoms with E-state index >= 15 is 0 Å². The van der Waals surface area contributed by atoms with Crippen molar-refractivity contribution in [3.05, 3.63) is 0 Å². The number of hydrogen-bond donors (Lipinski definition) is 3. The van der Waals surface area contributed by atoms with Crippen LogP contribution >= 0.6 is 8.60 Å². The molecule has 0 saturated carbocycles. The van der Waals surface area contributed by atoms with Crippen LogP contribution in [-0.2, 0) is 19.5 Å². The molecule has 3 nitrogen and oxygen atoms in total. The normalized spacial score (nSPS) is 5.14. The molecule has 0 spiro atoms. The first kappa shape index (κ1) is 22.6. The van der Waals surface area contributed by atoms with Gasteiger partial charge in [0.15, 0.2) is 0 Å². The zero-order valence-corrected chi connectivity index (χ0v) is 11.0. The van der Waals surface area contributed by atoms with Crippen LogP contribution in [-0.4, -0.2) is 69.8 Å². The van der Waals surface area contributed by atoms with Gasteiger partial charge in [-0.2, -0.15) is 0 Å². The third kappa shape index (κ3) is 53.1. The van der Waals surface area contributed by atoms with Gasteiger partial charge in [0.05, 0.1) is 0 Å². The van der Waals surface area contributed by atoms with Gasteiger partial charge < -0.3 is 14.7 Å². The maximum absolute atomic E-state index is 7.23. The van der Waals surface area contributed by atoms with Crippen LogP contribution in [0.5, 0.6) is 0 Å². The largest absolute Gasteiger partial charge is 3.00 e. The van der Waals surface area contributed by atoms with E-state index in [-0.39, 0.29) is 74.6 Å². The summed E-state index contributed by atoms with van der Waals surface area (Å²) in [5.74, 6) is 0. The second-order valence-electron chi connectivity index (χ2n) is 0.268. The Hall–Kier alpha value is 2.73. The molecule has 0 saturated heterocycles. The van der Waals surface area contributed by atoms with Gasteiger partial charge in [-0.15, -0.1) is 0 Å². The molecule has 0 aliphatic rings. The van der Waals surface area contributed by atoms with Gasteiger partial charge in [0.1, 0.15) is 0 Å². The van der Waals surface area contributed by atoms with Crippen molar-refractivity contribution in [2.24, 2.45) is 0 Å². The van der Waals surface area contributed by atoms with Crippen molar-refractivity contribution in [1.29, 1.82) is 0 Å². The van der Waals surface area contributed by atoms with Gasteiger partial charge in [0, 0.05) is 0 Å². The van der Waals surface area contributed by atoms with E-state index in [4.69, 9.17) is 14.7 Å². The fourth-order valence-electron chi connectivity index (χ4n) is 0. The molecule has 0 bridgehead atoms. The second-order valence-corrected chi connectivity index (χ2v) is 0.805. The van der Waals surface area contributed by atoms with Crippen LogP contribution < -0.4 is 0 Å². The van der Waals surface area contributed by atoms with Gasteiger partial charge in [0.2, 0.25) is 0 Å². The first-order valence-electron chi connectivity index (χ1n) is 0.600. The summed E-state index contributed by atoms with van der Waals surface area (Å²) in [7, 11) is -2.62. The predicted molar refractivity (Wildman–Crippen MR) is 25.1 cm³/mol. The first-order valence-corrected chi connectivity index (χ1v) is 1.80. The Kier molecular flexibility index (Phi) is 51.3. The van der Waals surface area contributed by atoms with Crippen LogP contribution in [0, 0.1) is 0 Å². The maximum Gasteiger partial charge on any atom is 3.00 e. The summed E-state index contributed by atoms with van der Waals surface area (Å²) in [6, 6.07) is 0. The fraction of sp³-hybridized carbons (Fsp3) is 0. The van der Waals surface area contributed by atoms with Crippen molar-refractivity contribution in [3.8, 4) is 0 Å². The molecule has 0 aromatic rings. The summed E-state index contributed by atoms with van der Waals surface area (Å²) in [5, 5.41) is 0. The van der Waals surface area contributed by atoms with Crippen LogP contribution in [0.1, 0.15) is 0 Å². The minimum absolute atomic E-state index is 0. The molecule has 0 unspecified atom stereocenters. The van der Waals surface area contributed by atoms with Gasteiger partial charge >= 0.3 is 83.2 Å². The zero-order valence-electron chi connectivity index (χ0n) is 3.78. The van der Waals surface area contributed by atoms with E-state index in [1.165, 1.54) is 0 Å². The Balaban J connectivity index is -0.0000000150. The van der Waals surface area contributed by atoms with Gasteiger partial charge in [-0.3, -0.25) is 0 Å². The van der Waals surface area contributed by atoms with Crippen molar-refractivity contribution in [2.75, 3.05) is 0 Å². The standard InChI is InChI=1S/Al.Ca.H3O3P.Zn/c;;1-4(2)3;/h;;1-3H;/q+3;+2;;+2. The number of rotatable bonds is 0. The van der Waals surface area contributed by atoms with Crippen LogP contribution in [0.15, 0.2) is 0 Å². The molecule has 0 aromatic heterocycles. The molecule has 3 N–H and O–H groups in total. The quantitative estimate of drug-likeness (QED) is 0.337. The fourth-order valence-corrected chi connectivity index (χ4v) is 0. The maximum atomic E-state index is 7.23. The Bertz CT molecular complexity index is 19.7.